The Hall–Kier alpha value is -6.98. The molecule has 0 spiro atoms. The van der Waals surface area contributed by atoms with Gasteiger partial charge >= 0.3 is 0 Å². The molecule has 0 saturated heterocycles. The molecular formula is C45H36N4O10S2. The van der Waals surface area contributed by atoms with Crippen LogP contribution in [0.1, 0.15) is 97.1 Å². The van der Waals surface area contributed by atoms with Crippen molar-refractivity contribution in [1.29, 1.82) is 0 Å². The van der Waals surface area contributed by atoms with Gasteiger partial charge in [-0.15, -0.1) is 0 Å². The molecule has 8 rings (SSSR count). The van der Waals surface area contributed by atoms with Gasteiger partial charge in [-0.25, -0.2) is 0 Å². The van der Waals surface area contributed by atoms with Crippen LogP contribution in [-0.2, 0) is 26.7 Å². The predicted molar refractivity (Wildman–Crippen MR) is 229 cm³/mol. The molecule has 16 heteroatoms. The third-order valence-corrected chi connectivity index (χ3v) is 12.9. The Bertz CT molecular complexity index is 3000. The molecule has 6 aromatic carbocycles. The first-order chi connectivity index (χ1) is 28.7. The Morgan fingerprint density at radius 3 is 1.03 bits per heavy atom. The molecule has 0 aromatic heterocycles. The molecule has 8 N–H and O–H groups in total. The van der Waals surface area contributed by atoms with Crippen LogP contribution in [0.2, 0.25) is 0 Å². The quantitative estimate of drug-likeness (QED) is 0.0653. The van der Waals surface area contributed by atoms with E-state index in [1.165, 1.54) is 24.3 Å². The Morgan fingerprint density at radius 2 is 0.754 bits per heavy atom. The number of fused-ring (bicyclic) bond motifs is 4. The molecule has 0 aliphatic heterocycles. The SMILES string of the molecule is Cc1cc(Cc2cc(C)c(Nc3cc(S(=O)(=O)O)c(N)c4c3C(=O)c3ccccc3C4=O)c(C)c2)cc(C)c1Nc1cc(S(=O)(=O)O)c(N)c2c1C(=O)c1ccccc1C2=O. The van der Waals surface area contributed by atoms with Gasteiger partial charge in [0.05, 0.1) is 45.0 Å². The van der Waals surface area contributed by atoms with Gasteiger partial charge in [-0.05, 0) is 79.6 Å². The van der Waals surface area contributed by atoms with Gasteiger partial charge in [-0.1, -0.05) is 72.8 Å². The molecule has 0 radical (unpaired) electrons. The predicted octanol–water partition coefficient (Wildman–Crippen LogP) is 7.21. The largest absolute Gasteiger partial charge is 0.397 e. The third-order valence-electron chi connectivity index (χ3n) is 11.1. The highest BCUT2D eigenvalue weighted by Crippen LogP contribution is 2.43. The maximum absolute atomic E-state index is 13.9. The van der Waals surface area contributed by atoms with Crippen LogP contribution in [0, 0.1) is 27.7 Å². The smallest absolute Gasteiger partial charge is 0.296 e. The molecule has 308 valence electrons. The summed E-state index contributed by atoms with van der Waals surface area (Å²) in [5.41, 5.74) is 16.3. The zero-order valence-electron chi connectivity index (χ0n) is 32.9. The lowest BCUT2D eigenvalue weighted by Crippen LogP contribution is -2.25. The van der Waals surface area contributed by atoms with E-state index in [0.29, 0.717) is 40.0 Å². The molecule has 0 atom stereocenters. The number of nitrogen functional groups attached to an aromatic ring is 2. The fraction of sp³-hybridized carbons (Fsp3) is 0.111. The van der Waals surface area contributed by atoms with Crippen molar-refractivity contribution in [2.45, 2.75) is 43.9 Å². The second kappa shape index (κ2) is 14.3. The number of hydrogen-bond donors (Lipinski definition) is 6. The number of nitrogens with two attached hydrogens (primary N) is 2. The van der Waals surface area contributed by atoms with Crippen molar-refractivity contribution in [2.24, 2.45) is 0 Å². The van der Waals surface area contributed by atoms with Crippen molar-refractivity contribution in [3.8, 4) is 0 Å². The van der Waals surface area contributed by atoms with Gasteiger partial charge in [0.1, 0.15) is 9.79 Å². The van der Waals surface area contributed by atoms with E-state index in [-0.39, 0.29) is 55.9 Å². The Kier molecular flexibility index (Phi) is 9.59. The zero-order valence-corrected chi connectivity index (χ0v) is 34.6. The van der Waals surface area contributed by atoms with E-state index in [1.54, 1.807) is 24.3 Å². The minimum atomic E-state index is -4.92. The second-order valence-electron chi connectivity index (χ2n) is 15.2. The number of ketones is 4. The van der Waals surface area contributed by atoms with Gasteiger partial charge in [-0.3, -0.25) is 28.3 Å². The summed E-state index contributed by atoms with van der Waals surface area (Å²) in [6, 6.07) is 22.0. The van der Waals surface area contributed by atoms with Crippen molar-refractivity contribution in [2.75, 3.05) is 22.1 Å². The topological polar surface area (TPSA) is 253 Å². The fourth-order valence-corrected chi connectivity index (χ4v) is 9.71. The highest BCUT2D eigenvalue weighted by Gasteiger charge is 2.38. The minimum absolute atomic E-state index is 0.0284. The van der Waals surface area contributed by atoms with Crippen LogP contribution in [0.15, 0.2) is 94.7 Å². The number of benzene rings is 6. The first-order valence-corrected chi connectivity index (χ1v) is 21.5. The molecule has 2 aliphatic carbocycles. The molecule has 14 nitrogen and oxygen atoms in total. The zero-order chi connectivity index (χ0) is 44.0. The lowest BCUT2D eigenvalue weighted by molar-refractivity contribution is 0.0980. The Labute approximate surface area is 350 Å². The number of aryl methyl sites for hydroxylation is 4. The van der Waals surface area contributed by atoms with Crippen molar-refractivity contribution in [3.63, 3.8) is 0 Å². The first-order valence-electron chi connectivity index (χ1n) is 18.7. The summed E-state index contributed by atoms with van der Waals surface area (Å²) < 4.78 is 70.0. The molecule has 2 aliphatic rings. The van der Waals surface area contributed by atoms with E-state index >= 15 is 0 Å². The summed E-state index contributed by atoms with van der Waals surface area (Å²) in [7, 11) is -9.84. The van der Waals surface area contributed by atoms with Gasteiger partial charge in [0.15, 0.2) is 23.1 Å². The number of rotatable bonds is 8. The van der Waals surface area contributed by atoms with Gasteiger partial charge in [0.2, 0.25) is 0 Å². The molecular weight excluding hydrogens is 821 g/mol. The summed E-state index contributed by atoms with van der Waals surface area (Å²) in [6.07, 6.45) is 0.436. The third kappa shape index (κ3) is 6.75. The van der Waals surface area contributed by atoms with Crippen molar-refractivity contribution in [1.82, 2.24) is 0 Å². The molecule has 61 heavy (non-hydrogen) atoms. The number of anilines is 6. The van der Waals surface area contributed by atoms with Crippen LogP contribution in [-0.4, -0.2) is 49.1 Å². The van der Waals surface area contributed by atoms with Crippen LogP contribution in [0.5, 0.6) is 0 Å². The average molecular weight is 857 g/mol. The second-order valence-corrected chi connectivity index (χ2v) is 17.9. The van der Waals surface area contributed by atoms with Crippen LogP contribution >= 0.6 is 0 Å². The van der Waals surface area contributed by atoms with Crippen molar-refractivity contribution in [3.05, 3.63) is 163 Å². The van der Waals surface area contributed by atoms with Gasteiger partial charge in [0.25, 0.3) is 20.2 Å². The first kappa shape index (κ1) is 40.8. The van der Waals surface area contributed by atoms with Crippen molar-refractivity contribution >= 4 is 77.5 Å². The summed E-state index contributed by atoms with van der Waals surface area (Å²) in [5, 5.41) is 6.32. The Morgan fingerprint density at radius 1 is 0.475 bits per heavy atom. The molecule has 0 fully saturated rings. The van der Waals surface area contributed by atoms with E-state index in [4.69, 9.17) is 11.5 Å². The summed E-state index contributed by atoms with van der Waals surface area (Å²) >= 11 is 0. The Balaban J connectivity index is 1.13. The highest BCUT2D eigenvalue weighted by molar-refractivity contribution is 7.86. The number of nitrogens with one attached hydrogen (secondary N) is 2. The highest BCUT2D eigenvalue weighted by atomic mass is 32.2. The maximum Gasteiger partial charge on any atom is 0.296 e. The van der Waals surface area contributed by atoms with E-state index in [0.717, 1.165) is 23.3 Å². The van der Waals surface area contributed by atoms with Crippen LogP contribution < -0.4 is 22.1 Å². The molecule has 0 unspecified atom stereocenters. The van der Waals surface area contributed by atoms with Gasteiger partial charge in [-0.2, -0.15) is 16.8 Å². The summed E-state index contributed by atoms with van der Waals surface area (Å²) in [4.78, 5) is 53.6. The lowest BCUT2D eigenvalue weighted by atomic mass is 9.82. The summed E-state index contributed by atoms with van der Waals surface area (Å²) in [6.45, 7) is 7.26. The van der Waals surface area contributed by atoms with E-state index in [1.807, 2.05) is 52.0 Å². The molecule has 0 bridgehead atoms. The molecule has 6 aromatic rings. The van der Waals surface area contributed by atoms with Crippen molar-refractivity contribution < 1.29 is 45.1 Å². The monoisotopic (exact) mass is 856 g/mol. The molecule has 0 saturated carbocycles. The number of carbonyl (C=O) groups excluding carboxylic acids is 4. The standard InChI is InChI=1S/C45H36N4O10S2/c1-20-13-24(14-21(2)40(20)48-30-18-32(60(54,55)56)38(46)36-34(30)42(50)26-9-5-7-11-28(26)44(36)52)17-25-15-22(3)41(23(4)16-25)49-31-19-33(61(57,58)59)39(47)37-35(31)43(51)27-10-6-8-12-29(27)45(37)53/h5-16,18-19,48-49H,17,46-47H2,1-4H3,(H,54,55,56)(H,57,58,59). The van der Waals surface area contributed by atoms with Crippen LogP contribution in [0.25, 0.3) is 0 Å². The van der Waals surface area contributed by atoms with E-state index < -0.39 is 64.5 Å². The van der Waals surface area contributed by atoms with Gasteiger partial charge < -0.3 is 22.1 Å². The minimum Gasteiger partial charge on any atom is -0.397 e. The number of hydrogen-bond acceptors (Lipinski definition) is 12. The van der Waals surface area contributed by atoms with Crippen LogP contribution in [0.4, 0.5) is 34.1 Å². The maximum atomic E-state index is 13.9. The van der Waals surface area contributed by atoms with E-state index in [9.17, 15) is 45.1 Å². The fourth-order valence-electron chi connectivity index (χ4n) is 8.42. The van der Waals surface area contributed by atoms with Crippen LogP contribution in [0.3, 0.4) is 0 Å². The van der Waals surface area contributed by atoms with Gasteiger partial charge in [0, 0.05) is 33.6 Å². The average Bonchev–Trinajstić information content (AvgIpc) is 3.18. The molecule has 0 heterocycles. The van der Waals surface area contributed by atoms with E-state index in [2.05, 4.69) is 10.6 Å². The normalized spacial score (nSPS) is 13.3. The summed E-state index contributed by atoms with van der Waals surface area (Å²) in [5.74, 6) is -2.40. The molecule has 0 amide bonds. The number of carbonyl (C=O) groups is 4. The lowest BCUT2D eigenvalue weighted by Gasteiger charge is -2.25.